The third-order valence-electron chi connectivity index (χ3n) is 10.2. The largest absolute Gasteiger partial charge is 0.252 e. The van der Waals surface area contributed by atoms with E-state index in [2.05, 4.69) is 164 Å². The average molecular weight is 623 g/mol. The summed E-state index contributed by atoms with van der Waals surface area (Å²) in [6.07, 6.45) is 2.91. The van der Waals surface area contributed by atoms with Crippen molar-refractivity contribution in [2.45, 2.75) is 6.42 Å². The number of hydrogen-bond donors (Lipinski definition) is 0. The Balaban J connectivity index is 0.949. The lowest BCUT2D eigenvalue weighted by Crippen LogP contribution is -1.92. The Labute approximate surface area is 285 Å². The van der Waals surface area contributed by atoms with Gasteiger partial charge in [-0.15, -0.1) is 0 Å². The zero-order chi connectivity index (χ0) is 32.3. The fraction of sp³-hybridized carbons (Fsp3) is 0.0213. The van der Waals surface area contributed by atoms with E-state index in [1.54, 1.807) is 0 Å². The van der Waals surface area contributed by atoms with E-state index in [1.165, 1.54) is 60.8 Å². The van der Waals surface area contributed by atoms with Crippen molar-refractivity contribution in [2.75, 3.05) is 0 Å². The zero-order valence-electron chi connectivity index (χ0n) is 26.8. The summed E-state index contributed by atoms with van der Waals surface area (Å²) in [5.41, 5.74) is 16.7. The van der Waals surface area contributed by atoms with Gasteiger partial charge in [0.1, 0.15) is 0 Å². The molecule has 228 valence electrons. The highest BCUT2D eigenvalue weighted by Crippen LogP contribution is 2.42. The van der Waals surface area contributed by atoms with Crippen molar-refractivity contribution >= 4 is 32.6 Å². The highest BCUT2D eigenvalue weighted by atomic mass is 14.8. The molecule has 10 rings (SSSR count). The van der Waals surface area contributed by atoms with Gasteiger partial charge in [0.25, 0.3) is 0 Å². The molecule has 1 aliphatic carbocycles. The van der Waals surface area contributed by atoms with Gasteiger partial charge >= 0.3 is 0 Å². The highest BCUT2D eigenvalue weighted by Gasteiger charge is 2.21. The van der Waals surface area contributed by atoms with Gasteiger partial charge in [0.05, 0.1) is 22.9 Å². The van der Waals surface area contributed by atoms with Gasteiger partial charge in [-0.3, -0.25) is 4.98 Å². The summed E-state index contributed by atoms with van der Waals surface area (Å²) >= 11 is 0. The van der Waals surface area contributed by atoms with Crippen LogP contribution in [0.5, 0.6) is 0 Å². The highest BCUT2D eigenvalue weighted by molar-refractivity contribution is 6.23. The molecule has 1 heterocycles. The first-order chi connectivity index (χ1) is 24.3. The Morgan fingerprint density at radius 1 is 0.367 bits per heavy atom. The maximum Gasteiger partial charge on any atom is 0.0979 e. The first-order valence-electron chi connectivity index (χ1n) is 16.9. The number of fused-ring (bicyclic) bond motifs is 9. The number of nitrogens with zero attached hydrogens (tertiary/aromatic N) is 2. The van der Waals surface area contributed by atoms with Crippen LogP contribution in [0, 0.1) is 0 Å². The number of rotatable bonds is 4. The molecular formula is C47H30N2. The first-order valence-corrected chi connectivity index (χ1v) is 16.9. The van der Waals surface area contributed by atoms with E-state index in [1.807, 2.05) is 6.20 Å². The van der Waals surface area contributed by atoms with Crippen molar-refractivity contribution in [2.24, 2.45) is 0 Å². The molecule has 0 bridgehead atoms. The molecule has 0 saturated heterocycles. The van der Waals surface area contributed by atoms with Gasteiger partial charge in [0.2, 0.25) is 0 Å². The lowest BCUT2D eigenvalue weighted by molar-refractivity contribution is 1.26. The number of benzene rings is 8. The average Bonchev–Trinajstić information content (AvgIpc) is 3.57. The Morgan fingerprint density at radius 3 is 1.63 bits per heavy atom. The lowest BCUT2D eigenvalue weighted by Gasteiger charge is -2.11. The minimum Gasteiger partial charge on any atom is -0.252 e. The monoisotopic (exact) mass is 622 g/mol. The normalized spacial score (nSPS) is 12.0. The summed E-state index contributed by atoms with van der Waals surface area (Å²) in [5.74, 6) is 0. The van der Waals surface area contributed by atoms with E-state index in [9.17, 15) is 0 Å². The summed E-state index contributed by atoms with van der Waals surface area (Å²) in [4.78, 5) is 10.2. The van der Waals surface area contributed by atoms with Crippen molar-refractivity contribution in [3.05, 3.63) is 181 Å². The molecule has 0 atom stereocenters. The van der Waals surface area contributed by atoms with Crippen molar-refractivity contribution in [3.63, 3.8) is 0 Å². The Kier molecular flexibility index (Phi) is 6.28. The van der Waals surface area contributed by atoms with Crippen LogP contribution in [0.3, 0.4) is 0 Å². The number of aromatic nitrogens is 2. The molecule has 1 aromatic heterocycles. The van der Waals surface area contributed by atoms with Crippen LogP contribution in [0.2, 0.25) is 0 Å². The first kappa shape index (κ1) is 27.7. The standard InChI is InChI=1S/C47H30N2/c1-2-12-38-35(9-1)28-44-37(17-8-18-39(38)44)33-25-23-31(24-26-33)30-19-21-32(22-20-30)34-10-7-11-36(27-34)45-29-48-46-42-15-5-3-13-40(42)41-14-4-6-16-43(41)47(46)49-45/h1-27,29H,28H2. The van der Waals surface area contributed by atoms with E-state index < -0.39 is 0 Å². The molecule has 0 spiro atoms. The SMILES string of the molecule is c1cc(-c2ccc(-c3ccc(-c4cccc5c4Cc4ccccc4-5)cc3)cc2)cc(-c2cnc3c4ccccc4c4ccccc4c3n2)c1. The van der Waals surface area contributed by atoms with Crippen molar-refractivity contribution in [1.82, 2.24) is 9.97 Å². The third kappa shape index (κ3) is 4.57. The third-order valence-corrected chi connectivity index (χ3v) is 10.2. The maximum atomic E-state index is 5.21. The molecule has 0 saturated carbocycles. The molecule has 0 amide bonds. The quantitative estimate of drug-likeness (QED) is 0.183. The predicted molar refractivity (Wildman–Crippen MR) is 205 cm³/mol. The van der Waals surface area contributed by atoms with E-state index in [4.69, 9.17) is 9.97 Å². The van der Waals surface area contributed by atoms with E-state index in [-0.39, 0.29) is 0 Å². The second kappa shape index (κ2) is 11.1. The maximum absolute atomic E-state index is 5.21. The summed E-state index contributed by atoms with van der Waals surface area (Å²) < 4.78 is 0. The second-order valence-electron chi connectivity index (χ2n) is 12.9. The van der Waals surface area contributed by atoms with Gasteiger partial charge in [-0.2, -0.15) is 0 Å². The molecule has 49 heavy (non-hydrogen) atoms. The second-order valence-corrected chi connectivity index (χ2v) is 12.9. The topological polar surface area (TPSA) is 25.8 Å². The van der Waals surface area contributed by atoms with Crippen LogP contribution in [-0.4, -0.2) is 9.97 Å². The van der Waals surface area contributed by atoms with Crippen LogP contribution in [0.25, 0.3) is 88.3 Å². The van der Waals surface area contributed by atoms with Gasteiger partial charge in [-0.05, 0) is 78.9 Å². The summed E-state index contributed by atoms with van der Waals surface area (Å²) in [7, 11) is 0. The fourth-order valence-corrected chi connectivity index (χ4v) is 7.75. The van der Waals surface area contributed by atoms with Gasteiger partial charge in [0, 0.05) is 16.3 Å². The van der Waals surface area contributed by atoms with Crippen molar-refractivity contribution < 1.29 is 0 Å². The Morgan fingerprint density at radius 2 is 0.898 bits per heavy atom. The fourth-order valence-electron chi connectivity index (χ4n) is 7.75. The molecule has 2 heteroatoms. The molecule has 0 N–H and O–H groups in total. The van der Waals surface area contributed by atoms with Crippen LogP contribution in [0.1, 0.15) is 11.1 Å². The van der Waals surface area contributed by atoms with E-state index >= 15 is 0 Å². The molecule has 0 unspecified atom stereocenters. The molecule has 0 radical (unpaired) electrons. The predicted octanol–water partition coefficient (Wildman–Crippen LogP) is 12.2. The van der Waals surface area contributed by atoms with Gasteiger partial charge in [-0.1, -0.05) is 158 Å². The molecule has 0 fully saturated rings. The van der Waals surface area contributed by atoms with Crippen molar-refractivity contribution in [1.29, 1.82) is 0 Å². The van der Waals surface area contributed by atoms with Crippen molar-refractivity contribution in [3.8, 4) is 55.8 Å². The van der Waals surface area contributed by atoms with Gasteiger partial charge in [-0.25, -0.2) is 4.98 Å². The van der Waals surface area contributed by atoms with Crippen LogP contribution < -0.4 is 0 Å². The molecular weight excluding hydrogens is 593 g/mol. The summed E-state index contributed by atoms with van der Waals surface area (Å²) in [5, 5.41) is 4.67. The van der Waals surface area contributed by atoms with Crippen LogP contribution in [0.4, 0.5) is 0 Å². The minimum absolute atomic E-state index is 0.874. The van der Waals surface area contributed by atoms with E-state index in [0.29, 0.717) is 0 Å². The molecule has 8 aromatic carbocycles. The van der Waals surface area contributed by atoms with Crippen LogP contribution in [0.15, 0.2) is 170 Å². The Hall–Kier alpha value is -6.38. The molecule has 1 aliphatic rings. The summed E-state index contributed by atoms with van der Waals surface area (Å²) in [6.45, 7) is 0. The molecule has 0 aliphatic heterocycles. The van der Waals surface area contributed by atoms with Crippen LogP contribution >= 0.6 is 0 Å². The molecule has 2 nitrogen and oxygen atoms in total. The van der Waals surface area contributed by atoms with Gasteiger partial charge in [0.15, 0.2) is 0 Å². The van der Waals surface area contributed by atoms with E-state index in [0.717, 1.165) is 45.0 Å². The number of hydrogen-bond acceptors (Lipinski definition) is 2. The molecule has 9 aromatic rings. The minimum atomic E-state index is 0.874. The smallest absolute Gasteiger partial charge is 0.0979 e. The van der Waals surface area contributed by atoms with Gasteiger partial charge < -0.3 is 0 Å². The summed E-state index contributed by atoms with van der Waals surface area (Å²) in [6, 6.07) is 59.0. The van der Waals surface area contributed by atoms with Crippen LogP contribution in [-0.2, 0) is 6.42 Å². The lowest BCUT2D eigenvalue weighted by atomic mass is 9.94. The zero-order valence-corrected chi connectivity index (χ0v) is 26.8. The Bertz CT molecular complexity index is 2690.